The van der Waals surface area contributed by atoms with Gasteiger partial charge in [-0.15, -0.1) is 11.3 Å². The molecule has 16 heteroatoms. The number of rotatable bonds is 8. The van der Waals surface area contributed by atoms with Gasteiger partial charge >= 0.3 is 12.0 Å². The van der Waals surface area contributed by atoms with Crippen molar-refractivity contribution in [3.8, 4) is 22.5 Å². The number of piperazine rings is 1. The van der Waals surface area contributed by atoms with Gasteiger partial charge in [0.25, 0.3) is 5.91 Å². The summed E-state index contributed by atoms with van der Waals surface area (Å²) in [7, 11) is 5.44. The van der Waals surface area contributed by atoms with Gasteiger partial charge in [0.1, 0.15) is 18.1 Å². The Balaban J connectivity index is 1.17. The largest absolute Gasteiger partial charge is 0.464 e. The number of aromatic nitrogens is 3. The molecule has 0 spiro atoms. The van der Waals surface area contributed by atoms with Crippen molar-refractivity contribution >= 4 is 46.1 Å². The fraction of sp³-hybridized carbons (Fsp3) is 0.574. The maximum atomic E-state index is 14.6. The van der Waals surface area contributed by atoms with E-state index >= 15 is 0 Å². The zero-order chi connectivity index (χ0) is 44.9. The van der Waals surface area contributed by atoms with E-state index in [0.717, 1.165) is 64.2 Å². The number of thiazole rings is 1. The number of aryl methyl sites for hydroxylation is 1. The summed E-state index contributed by atoms with van der Waals surface area (Å²) in [6.45, 7) is 15.0. The average molecular weight is 882 g/mol. The Labute approximate surface area is 374 Å². The van der Waals surface area contributed by atoms with E-state index in [-0.39, 0.29) is 49.1 Å². The number of esters is 1. The van der Waals surface area contributed by atoms with Crippen molar-refractivity contribution in [1.82, 2.24) is 45.0 Å². The van der Waals surface area contributed by atoms with Crippen LogP contribution in [0.25, 0.3) is 33.4 Å². The number of carbonyl (C=O) groups excluding carboxylic acids is 4. The first-order chi connectivity index (χ1) is 30.1. The van der Waals surface area contributed by atoms with E-state index in [9.17, 15) is 19.2 Å². The Morgan fingerprint density at radius 1 is 1.14 bits per heavy atom. The predicted octanol–water partition coefficient (Wildman–Crippen LogP) is 5.67. The lowest BCUT2D eigenvalue weighted by Crippen LogP contribution is -2.72. The molecule has 3 unspecified atom stereocenters. The number of hydrogen-bond acceptors (Lipinski definition) is 11. The molecule has 0 radical (unpaired) electrons. The first kappa shape index (κ1) is 44.7. The fourth-order valence-electron chi connectivity index (χ4n) is 10.2. The second-order valence-corrected chi connectivity index (χ2v) is 20.0. The van der Waals surface area contributed by atoms with Crippen molar-refractivity contribution in [2.45, 2.75) is 117 Å². The number of hydrazine groups is 1. The maximum absolute atomic E-state index is 14.6. The molecule has 3 aromatic heterocycles. The van der Waals surface area contributed by atoms with Gasteiger partial charge in [-0.1, -0.05) is 33.8 Å². The Kier molecular flexibility index (Phi) is 12.7. The van der Waals surface area contributed by atoms with Crippen LogP contribution in [-0.4, -0.2) is 136 Å². The number of pyridine rings is 1. The highest BCUT2D eigenvalue weighted by molar-refractivity contribution is 7.10. The van der Waals surface area contributed by atoms with Crippen molar-refractivity contribution in [1.29, 1.82) is 0 Å². The fourth-order valence-corrected chi connectivity index (χ4v) is 11.0. The van der Waals surface area contributed by atoms with Crippen LogP contribution in [0, 0.1) is 11.3 Å². The van der Waals surface area contributed by atoms with Crippen molar-refractivity contribution in [3.63, 3.8) is 0 Å². The number of likely N-dealkylation sites (tertiary alicyclic amines) is 2. The first-order valence-corrected chi connectivity index (χ1v) is 23.3. The van der Waals surface area contributed by atoms with E-state index in [2.05, 4.69) is 72.3 Å². The number of ether oxygens (including phenoxy) is 2. The third kappa shape index (κ3) is 8.71. The summed E-state index contributed by atoms with van der Waals surface area (Å²) in [5.41, 5.74) is 9.43. The number of urea groups is 1. The molecule has 4 aromatic rings. The first-order valence-electron chi connectivity index (χ1n) is 22.4. The summed E-state index contributed by atoms with van der Waals surface area (Å²) in [5, 5.41) is 8.26. The number of piperidine rings is 1. The summed E-state index contributed by atoms with van der Waals surface area (Å²) < 4.78 is 14.3. The van der Waals surface area contributed by atoms with E-state index in [4.69, 9.17) is 19.4 Å². The highest BCUT2D eigenvalue weighted by atomic mass is 32.1. The third-order valence-electron chi connectivity index (χ3n) is 13.4. The number of methoxy groups -OCH3 is 1. The molecule has 2 N–H and O–H groups in total. The SMILES string of the molecule is CCn1c(-c2cccnc2[C@H](C)OC)c2c3cc(ccc31)-c1csc(n1)C[C@H](NC(=O)C(C(C)C)N(C)C(=O)N1C3CC1CN(C)C3)C(=O)N1CCC[C@H](N1)C(=O)OCC(C)(C)C2. The van der Waals surface area contributed by atoms with Crippen LogP contribution in [0.1, 0.15) is 83.2 Å². The minimum atomic E-state index is -1.03. The summed E-state index contributed by atoms with van der Waals surface area (Å²) in [6, 6.07) is 7.94. The quantitative estimate of drug-likeness (QED) is 0.212. The second kappa shape index (κ2) is 17.9. The van der Waals surface area contributed by atoms with Gasteiger partial charge in [-0.05, 0) is 82.3 Å². The Morgan fingerprint density at radius 2 is 1.90 bits per heavy atom. The summed E-state index contributed by atoms with van der Waals surface area (Å²) in [5.74, 6) is -1.47. The Morgan fingerprint density at radius 3 is 2.62 bits per heavy atom. The third-order valence-corrected chi connectivity index (χ3v) is 14.2. The highest BCUT2D eigenvalue weighted by Gasteiger charge is 2.49. The average Bonchev–Trinajstić information content (AvgIpc) is 3.85. The number of amides is 4. The zero-order valence-electron chi connectivity index (χ0n) is 38.1. The van der Waals surface area contributed by atoms with Gasteiger partial charge in [-0.25, -0.2) is 15.2 Å². The standard InChI is InChI=1S/C47H63N9O6S/c1-10-54-38-16-15-29-19-33(38)34(42(54)32-13-11-17-48-40(32)28(4)61-9)22-47(5,6)26-62-45(59)35-14-12-18-55(51-35)44(58)36(21-39-49-37(29)25-63-39)50-43(57)41(27(2)3)53(8)46(60)56-30-20-31(56)24-52(7)23-30/h11,13,15-17,19,25,27-28,30-31,35-36,41,51H,10,12,14,18,20-24,26H2,1-9H3,(H,50,57)/t28-,30?,31?,35-,36-,41?/m0/s1. The number of benzene rings is 1. The molecule has 338 valence electrons. The normalized spacial score (nSPS) is 23.8. The number of fused-ring (bicyclic) bond motifs is 8. The molecule has 3 saturated heterocycles. The summed E-state index contributed by atoms with van der Waals surface area (Å²) in [4.78, 5) is 72.5. The second-order valence-electron chi connectivity index (χ2n) is 19.0. The summed E-state index contributed by atoms with van der Waals surface area (Å²) in [6.07, 6.45) is 4.29. The number of carbonyl (C=O) groups is 4. The summed E-state index contributed by atoms with van der Waals surface area (Å²) >= 11 is 1.44. The minimum absolute atomic E-state index is 0.118. The van der Waals surface area contributed by atoms with Crippen molar-refractivity contribution in [2.75, 3.05) is 47.4 Å². The lowest BCUT2D eigenvalue weighted by Gasteiger charge is -2.56. The molecule has 4 aliphatic heterocycles. The monoisotopic (exact) mass is 881 g/mol. The molecule has 7 heterocycles. The number of hydrogen-bond donors (Lipinski definition) is 2. The topological polar surface area (TPSA) is 154 Å². The van der Waals surface area contributed by atoms with Crippen molar-refractivity contribution in [3.05, 3.63) is 58.2 Å². The number of cyclic esters (lactones) is 1. The highest BCUT2D eigenvalue weighted by Crippen LogP contribution is 2.42. The Hall–Kier alpha value is -4.90. The number of likely N-dealkylation sites (N-methyl/N-ethyl adjacent to an activating group) is 2. The molecule has 0 saturated carbocycles. The number of nitrogens with one attached hydrogen (secondary N) is 2. The molecule has 4 amide bonds. The van der Waals surface area contributed by atoms with E-state index in [1.165, 1.54) is 16.3 Å². The Bertz CT molecular complexity index is 2360. The van der Waals surface area contributed by atoms with Crippen LogP contribution in [0.4, 0.5) is 4.79 Å². The van der Waals surface area contributed by atoms with Gasteiger partial charge in [0, 0.05) is 97.9 Å². The lowest BCUT2D eigenvalue weighted by atomic mass is 9.84. The molecule has 8 bridgehead atoms. The van der Waals surface area contributed by atoms with Crippen LogP contribution in [0.5, 0.6) is 0 Å². The molecular formula is C47H63N9O6S. The molecule has 4 aliphatic rings. The molecule has 15 nitrogen and oxygen atoms in total. The van der Waals surface area contributed by atoms with Crippen LogP contribution in [0.2, 0.25) is 0 Å². The van der Waals surface area contributed by atoms with Crippen LogP contribution in [0.3, 0.4) is 0 Å². The smallest absolute Gasteiger partial charge is 0.324 e. The molecule has 0 aliphatic carbocycles. The molecule has 1 aromatic carbocycles. The van der Waals surface area contributed by atoms with Gasteiger partial charge in [0.2, 0.25) is 5.91 Å². The van der Waals surface area contributed by atoms with E-state index in [0.29, 0.717) is 37.4 Å². The van der Waals surface area contributed by atoms with Gasteiger partial charge in [-0.3, -0.25) is 24.4 Å². The van der Waals surface area contributed by atoms with Gasteiger partial charge in [-0.2, -0.15) is 0 Å². The lowest BCUT2D eigenvalue weighted by molar-refractivity contribution is -0.155. The van der Waals surface area contributed by atoms with Crippen LogP contribution in [-0.2, 0) is 43.2 Å². The van der Waals surface area contributed by atoms with Gasteiger partial charge < -0.3 is 34.1 Å². The zero-order valence-corrected chi connectivity index (χ0v) is 39.0. The van der Waals surface area contributed by atoms with Crippen LogP contribution < -0.4 is 10.7 Å². The molecule has 6 atom stereocenters. The van der Waals surface area contributed by atoms with Gasteiger partial charge in [0.05, 0.1) is 34.8 Å². The maximum Gasteiger partial charge on any atom is 0.324 e. The van der Waals surface area contributed by atoms with Crippen molar-refractivity contribution in [2.24, 2.45) is 11.3 Å². The number of nitrogens with zero attached hydrogens (tertiary/aromatic N) is 7. The van der Waals surface area contributed by atoms with Crippen LogP contribution in [0.15, 0.2) is 41.9 Å². The van der Waals surface area contributed by atoms with Crippen LogP contribution >= 0.6 is 11.3 Å². The van der Waals surface area contributed by atoms with E-state index in [1.807, 2.05) is 37.1 Å². The van der Waals surface area contributed by atoms with Gasteiger partial charge in [0.15, 0.2) is 0 Å². The molecule has 8 rings (SSSR count). The predicted molar refractivity (Wildman–Crippen MR) is 243 cm³/mol. The molecule has 63 heavy (non-hydrogen) atoms. The van der Waals surface area contributed by atoms with E-state index < -0.39 is 35.4 Å². The van der Waals surface area contributed by atoms with E-state index in [1.54, 1.807) is 25.3 Å². The van der Waals surface area contributed by atoms with Crippen molar-refractivity contribution < 1.29 is 28.7 Å². The molecule has 3 fully saturated rings. The molecular weight excluding hydrogens is 819 g/mol. The minimum Gasteiger partial charge on any atom is -0.464 e.